The van der Waals surface area contributed by atoms with Crippen molar-refractivity contribution in [2.45, 2.75) is 158 Å². The fraction of sp³-hybridized carbons (Fsp3) is 0.933. The average molecular weight is 721 g/mol. The highest BCUT2D eigenvalue weighted by Gasteiger charge is 2.74. The molecule has 8 rings (SSSR count). The lowest BCUT2D eigenvalue weighted by Crippen LogP contribution is -2.68. The molecule has 0 radical (unpaired) electrons. The van der Waals surface area contributed by atoms with Gasteiger partial charge in [0.2, 0.25) is 5.91 Å². The topological polar surface area (TPSA) is 76.2 Å². The standard InChI is InChI=1S/C45H72N2O5/c1-10-46-23-25-47(26-24-46)38(50)45-18-13-29(41(6)19-20-41)36(45)30-11-12-33-42(7)16-15-34(52-37(49)31-27-35(51-28-48)39(31,2)3)40(4,5)32(42)14-17-44(33,9)43(30,8)21-22-45/h28-36H,10-27H2,1-9H3/t29-,30-,31-,32+,33-,34+,35-,36-,42+,43-,44-,45+/m1/s1. The van der Waals surface area contributed by atoms with E-state index in [0.717, 1.165) is 58.4 Å². The van der Waals surface area contributed by atoms with E-state index in [1.807, 2.05) is 13.8 Å². The largest absolute Gasteiger partial charge is 0.464 e. The van der Waals surface area contributed by atoms with E-state index in [9.17, 15) is 9.59 Å². The van der Waals surface area contributed by atoms with Gasteiger partial charge < -0.3 is 19.3 Å². The minimum atomic E-state index is -0.395. The molecule has 7 aliphatic carbocycles. The third-order valence-electron chi connectivity index (χ3n) is 19.8. The molecule has 1 amide bonds. The number of carbonyl (C=O) groups excluding carboxylic acids is 3. The summed E-state index contributed by atoms with van der Waals surface area (Å²) in [7, 11) is 0. The van der Waals surface area contributed by atoms with Crippen LogP contribution in [0.1, 0.15) is 146 Å². The Bertz CT molecular complexity index is 1450. The summed E-state index contributed by atoms with van der Waals surface area (Å²) in [5.41, 5.74) is 0.448. The van der Waals surface area contributed by atoms with E-state index in [2.05, 4.69) is 58.3 Å². The van der Waals surface area contributed by atoms with Crippen LogP contribution in [-0.4, -0.2) is 73.1 Å². The molecular weight excluding hydrogens is 649 g/mol. The van der Waals surface area contributed by atoms with Crippen molar-refractivity contribution in [3.05, 3.63) is 0 Å². The number of ether oxygens (including phenoxy) is 2. The van der Waals surface area contributed by atoms with Gasteiger partial charge in [-0.15, -0.1) is 0 Å². The van der Waals surface area contributed by atoms with Crippen LogP contribution in [0.4, 0.5) is 0 Å². The second kappa shape index (κ2) is 12.2. The summed E-state index contributed by atoms with van der Waals surface area (Å²) in [6, 6.07) is 0. The van der Waals surface area contributed by atoms with Gasteiger partial charge in [-0.2, -0.15) is 0 Å². The average Bonchev–Trinajstić information content (AvgIpc) is 3.72. The van der Waals surface area contributed by atoms with Gasteiger partial charge in [0.25, 0.3) is 6.47 Å². The number of fused-ring (bicyclic) bond motifs is 7. The van der Waals surface area contributed by atoms with Gasteiger partial charge in [-0.05, 0) is 141 Å². The summed E-state index contributed by atoms with van der Waals surface area (Å²) in [4.78, 5) is 44.5. The van der Waals surface area contributed by atoms with Crippen LogP contribution in [0.3, 0.4) is 0 Å². The van der Waals surface area contributed by atoms with Crippen molar-refractivity contribution in [3.63, 3.8) is 0 Å². The van der Waals surface area contributed by atoms with Crippen molar-refractivity contribution in [3.8, 4) is 0 Å². The lowest BCUT2D eigenvalue weighted by atomic mass is 9.32. The van der Waals surface area contributed by atoms with Crippen LogP contribution in [0.2, 0.25) is 0 Å². The molecule has 0 aromatic carbocycles. The molecule has 8 aliphatic rings. The van der Waals surface area contributed by atoms with Crippen LogP contribution in [-0.2, 0) is 23.9 Å². The molecule has 1 heterocycles. The van der Waals surface area contributed by atoms with E-state index in [-0.39, 0.29) is 51.2 Å². The molecule has 7 heteroatoms. The van der Waals surface area contributed by atoms with Crippen LogP contribution < -0.4 is 0 Å². The van der Waals surface area contributed by atoms with E-state index < -0.39 is 5.41 Å². The number of amides is 1. The quantitative estimate of drug-likeness (QED) is 0.194. The van der Waals surface area contributed by atoms with Gasteiger partial charge in [-0.3, -0.25) is 14.4 Å². The molecule has 8 fully saturated rings. The Labute approximate surface area is 315 Å². The molecule has 0 aromatic heterocycles. The van der Waals surface area contributed by atoms with Crippen LogP contribution in [0.5, 0.6) is 0 Å². The number of nitrogens with zero attached hydrogens (tertiary/aromatic N) is 2. The first-order valence-electron chi connectivity index (χ1n) is 21.7. The summed E-state index contributed by atoms with van der Waals surface area (Å²) in [6.07, 6.45) is 14.6. The summed E-state index contributed by atoms with van der Waals surface area (Å²) in [5.74, 6) is 3.19. The SMILES string of the molecule is CCN1CCN(C(=O)[C@]23CC[C@@H](C4(C)CC4)[C@@H]2[C@H]2CC[C@@H]4[C@@]5(C)CC[C@H](OC(=O)[C@H]6C[C@@H](OC=O)C6(C)C)C(C)(C)[C@@H]5CC[C@@]4(C)[C@]2(C)CC3)CC1. The zero-order chi connectivity index (χ0) is 37.3. The molecule has 12 atom stereocenters. The zero-order valence-corrected chi connectivity index (χ0v) is 34.4. The molecule has 1 saturated heterocycles. The van der Waals surface area contributed by atoms with Crippen molar-refractivity contribution < 1.29 is 23.9 Å². The van der Waals surface area contributed by atoms with Crippen LogP contribution in [0.25, 0.3) is 0 Å². The Hall–Kier alpha value is -1.63. The number of hydrogen-bond acceptors (Lipinski definition) is 6. The number of esters is 1. The van der Waals surface area contributed by atoms with E-state index in [1.165, 1.54) is 51.4 Å². The molecule has 0 bridgehead atoms. The lowest BCUT2D eigenvalue weighted by molar-refractivity contribution is -0.253. The lowest BCUT2D eigenvalue weighted by Gasteiger charge is -2.73. The fourth-order valence-corrected chi connectivity index (χ4v) is 15.9. The third kappa shape index (κ3) is 5.00. The van der Waals surface area contributed by atoms with E-state index in [0.29, 0.717) is 53.8 Å². The molecule has 52 heavy (non-hydrogen) atoms. The van der Waals surface area contributed by atoms with Crippen molar-refractivity contribution in [2.24, 2.45) is 73.4 Å². The summed E-state index contributed by atoms with van der Waals surface area (Å²) in [5, 5.41) is 0. The van der Waals surface area contributed by atoms with E-state index in [4.69, 9.17) is 9.47 Å². The Morgan fingerprint density at radius 2 is 1.40 bits per heavy atom. The first kappa shape index (κ1) is 37.3. The maximum Gasteiger partial charge on any atom is 0.310 e. The van der Waals surface area contributed by atoms with Crippen LogP contribution in [0, 0.1) is 73.4 Å². The maximum absolute atomic E-state index is 15.0. The summed E-state index contributed by atoms with van der Waals surface area (Å²) < 4.78 is 11.8. The van der Waals surface area contributed by atoms with Crippen LogP contribution in [0.15, 0.2) is 0 Å². The molecule has 292 valence electrons. The number of rotatable bonds is 7. The zero-order valence-electron chi connectivity index (χ0n) is 34.4. The third-order valence-corrected chi connectivity index (χ3v) is 19.8. The van der Waals surface area contributed by atoms with Gasteiger partial charge in [-0.1, -0.05) is 62.3 Å². The molecule has 0 aromatic rings. The van der Waals surface area contributed by atoms with Gasteiger partial charge in [0.1, 0.15) is 12.2 Å². The molecule has 7 nitrogen and oxygen atoms in total. The van der Waals surface area contributed by atoms with Crippen molar-refractivity contribution in [2.75, 3.05) is 32.7 Å². The molecule has 1 aliphatic heterocycles. The minimum Gasteiger partial charge on any atom is -0.464 e. The highest BCUT2D eigenvalue weighted by Crippen LogP contribution is 2.79. The van der Waals surface area contributed by atoms with Gasteiger partial charge in [0, 0.05) is 37.0 Å². The molecular formula is C45H72N2O5. The number of carbonyl (C=O) groups is 3. The second-order valence-electron chi connectivity index (χ2n) is 22.0. The summed E-state index contributed by atoms with van der Waals surface area (Å²) >= 11 is 0. The predicted octanol–water partition coefficient (Wildman–Crippen LogP) is 8.53. The fourth-order valence-electron chi connectivity index (χ4n) is 15.9. The second-order valence-corrected chi connectivity index (χ2v) is 22.0. The monoisotopic (exact) mass is 721 g/mol. The number of likely N-dealkylation sites (N-methyl/N-ethyl adjacent to an activating group) is 1. The van der Waals surface area contributed by atoms with Gasteiger partial charge >= 0.3 is 5.97 Å². The summed E-state index contributed by atoms with van der Waals surface area (Å²) in [6.45, 7) is 27.2. The minimum absolute atomic E-state index is 0.0877. The van der Waals surface area contributed by atoms with E-state index in [1.54, 1.807) is 0 Å². The number of piperazine rings is 1. The normalized spacial score (nSPS) is 48.5. The maximum atomic E-state index is 15.0. The first-order valence-corrected chi connectivity index (χ1v) is 21.7. The van der Waals surface area contributed by atoms with Crippen molar-refractivity contribution in [1.29, 1.82) is 0 Å². The highest BCUT2D eigenvalue weighted by molar-refractivity contribution is 5.84. The Kier molecular flexibility index (Phi) is 8.74. The van der Waals surface area contributed by atoms with Gasteiger partial charge in [-0.25, -0.2) is 0 Å². The van der Waals surface area contributed by atoms with Crippen LogP contribution >= 0.6 is 0 Å². The highest BCUT2D eigenvalue weighted by atomic mass is 16.6. The number of hydrogen-bond donors (Lipinski definition) is 0. The van der Waals surface area contributed by atoms with E-state index >= 15 is 4.79 Å². The molecule has 0 N–H and O–H groups in total. The van der Waals surface area contributed by atoms with Gasteiger partial charge in [0.05, 0.1) is 11.3 Å². The Balaban J connectivity index is 1.04. The molecule has 7 saturated carbocycles. The smallest absolute Gasteiger partial charge is 0.310 e. The Morgan fingerprint density at radius 1 is 0.692 bits per heavy atom. The predicted molar refractivity (Wildman–Crippen MR) is 203 cm³/mol. The van der Waals surface area contributed by atoms with Crippen molar-refractivity contribution in [1.82, 2.24) is 9.80 Å². The van der Waals surface area contributed by atoms with Crippen molar-refractivity contribution >= 4 is 18.3 Å². The molecule has 0 unspecified atom stereocenters. The first-order chi connectivity index (χ1) is 24.4. The molecule has 0 spiro atoms. The Morgan fingerprint density at radius 3 is 2.04 bits per heavy atom. The van der Waals surface area contributed by atoms with Gasteiger partial charge in [0.15, 0.2) is 0 Å².